The number of benzene rings is 1. The highest BCUT2D eigenvalue weighted by molar-refractivity contribution is 5.94. The molecule has 0 saturated carbocycles. The molecule has 17 heavy (non-hydrogen) atoms. The molecule has 2 aliphatic rings. The van der Waals surface area contributed by atoms with E-state index in [1.54, 1.807) is 4.90 Å². The van der Waals surface area contributed by atoms with E-state index >= 15 is 0 Å². The number of ether oxygens (including phenoxy) is 1. The van der Waals surface area contributed by atoms with Crippen LogP contribution in [-0.4, -0.2) is 25.4 Å². The smallest absolute Gasteiger partial charge is 0.323 e. The summed E-state index contributed by atoms with van der Waals surface area (Å²) in [5.74, 6) is 0. The van der Waals surface area contributed by atoms with Crippen LogP contribution in [0.2, 0.25) is 0 Å². The third-order valence-electron chi connectivity index (χ3n) is 3.35. The van der Waals surface area contributed by atoms with Gasteiger partial charge < -0.3 is 10.1 Å². The molecule has 1 aromatic rings. The van der Waals surface area contributed by atoms with Crippen LogP contribution in [0, 0.1) is 0 Å². The van der Waals surface area contributed by atoms with Crippen molar-refractivity contribution in [1.82, 2.24) is 5.32 Å². The Hall–Kier alpha value is -1.55. The van der Waals surface area contributed by atoms with Gasteiger partial charge in [-0.15, -0.1) is 0 Å². The first-order valence-corrected chi connectivity index (χ1v) is 6.12. The van der Waals surface area contributed by atoms with Gasteiger partial charge in [-0.1, -0.05) is 18.2 Å². The van der Waals surface area contributed by atoms with Gasteiger partial charge >= 0.3 is 6.03 Å². The second-order valence-electron chi connectivity index (χ2n) is 4.48. The Morgan fingerprint density at radius 1 is 1.41 bits per heavy atom. The number of para-hydroxylation sites is 1. The fourth-order valence-corrected chi connectivity index (χ4v) is 2.46. The summed E-state index contributed by atoms with van der Waals surface area (Å²) in [5, 5.41) is 2.93. The third-order valence-corrected chi connectivity index (χ3v) is 3.35. The molecule has 0 radical (unpaired) electrons. The highest BCUT2D eigenvalue weighted by Gasteiger charge is 2.26. The zero-order chi connectivity index (χ0) is 11.7. The number of hydrogen-bond donors (Lipinski definition) is 1. The third kappa shape index (κ3) is 2.00. The number of anilines is 1. The Labute approximate surface area is 101 Å². The highest BCUT2D eigenvalue weighted by Crippen LogP contribution is 2.27. The van der Waals surface area contributed by atoms with Crippen LogP contribution in [0.1, 0.15) is 18.4 Å². The molecule has 0 bridgehead atoms. The molecular weight excluding hydrogens is 216 g/mol. The lowest BCUT2D eigenvalue weighted by Gasteiger charge is -2.20. The first-order chi connectivity index (χ1) is 8.34. The molecule has 4 nitrogen and oxygen atoms in total. The largest absolute Gasteiger partial charge is 0.358 e. The van der Waals surface area contributed by atoms with Crippen LogP contribution in [0.5, 0.6) is 0 Å². The lowest BCUT2D eigenvalue weighted by Crippen LogP contribution is -2.44. The lowest BCUT2D eigenvalue weighted by molar-refractivity contribution is 0.0918. The molecule has 1 N–H and O–H groups in total. The van der Waals surface area contributed by atoms with Gasteiger partial charge in [0, 0.05) is 18.8 Å². The van der Waals surface area contributed by atoms with E-state index in [9.17, 15) is 4.79 Å². The van der Waals surface area contributed by atoms with Crippen molar-refractivity contribution in [2.24, 2.45) is 0 Å². The second kappa shape index (κ2) is 4.37. The first kappa shape index (κ1) is 10.6. The Balaban J connectivity index is 1.71. The topological polar surface area (TPSA) is 41.6 Å². The van der Waals surface area contributed by atoms with Crippen molar-refractivity contribution in [1.29, 1.82) is 0 Å². The van der Waals surface area contributed by atoms with Crippen molar-refractivity contribution < 1.29 is 9.53 Å². The van der Waals surface area contributed by atoms with Crippen LogP contribution >= 0.6 is 0 Å². The number of rotatable bonds is 1. The molecule has 2 aliphatic heterocycles. The molecular formula is C13H16N2O2. The average molecular weight is 232 g/mol. The number of amides is 2. The lowest BCUT2D eigenvalue weighted by atomic mass is 10.2. The average Bonchev–Trinajstić information content (AvgIpc) is 2.96. The van der Waals surface area contributed by atoms with Crippen molar-refractivity contribution in [2.75, 3.05) is 18.1 Å². The quantitative estimate of drug-likeness (QED) is 0.803. The molecule has 1 fully saturated rings. The van der Waals surface area contributed by atoms with Gasteiger partial charge in [-0.05, 0) is 30.9 Å². The summed E-state index contributed by atoms with van der Waals surface area (Å²) in [6.45, 7) is 1.51. The maximum atomic E-state index is 12.1. The molecule has 1 unspecified atom stereocenters. The van der Waals surface area contributed by atoms with E-state index < -0.39 is 0 Å². The molecule has 1 aromatic carbocycles. The number of carbonyl (C=O) groups is 1. The van der Waals surface area contributed by atoms with E-state index in [2.05, 4.69) is 11.4 Å². The number of fused-ring (bicyclic) bond motifs is 1. The van der Waals surface area contributed by atoms with Crippen LogP contribution in [0.4, 0.5) is 10.5 Å². The fraction of sp³-hybridized carbons (Fsp3) is 0.462. The van der Waals surface area contributed by atoms with Gasteiger partial charge in [-0.2, -0.15) is 0 Å². The van der Waals surface area contributed by atoms with Crippen LogP contribution < -0.4 is 10.2 Å². The summed E-state index contributed by atoms with van der Waals surface area (Å²) in [5.41, 5.74) is 2.28. The van der Waals surface area contributed by atoms with E-state index in [-0.39, 0.29) is 12.3 Å². The number of hydrogen-bond acceptors (Lipinski definition) is 2. The van der Waals surface area contributed by atoms with Crippen molar-refractivity contribution in [3.8, 4) is 0 Å². The number of carbonyl (C=O) groups excluding carboxylic acids is 1. The zero-order valence-electron chi connectivity index (χ0n) is 9.69. The summed E-state index contributed by atoms with van der Waals surface area (Å²) in [6.07, 6.45) is 2.79. The monoisotopic (exact) mass is 232 g/mol. The number of nitrogens with zero attached hydrogens (tertiary/aromatic N) is 1. The second-order valence-corrected chi connectivity index (χ2v) is 4.48. The van der Waals surface area contributed by atoms with E-state index in [0.717, 1.165) is 38.1 Å². The van der Waals surface area contributed by atoms with Crippen LogP contribution in [0.25, 0.3) is 0 Å². The van der Waals surface area contributed by atoms with Gasteiger partial charge in [-0.3, -0.25) is 4.90 Å². The normalized spacial score (nSPS) is 22.6. The van der Waals surface area contributed by atoms with Crippen molar-refractivity contribution in [3.63, 3.8) is 0 Å². The van der Waals surface area contributed by atoms with Gasteiger partial charge in [0.1, 0.15) is 6.23 Å². The van der Waals surface area contributed by atoms with Crippen LogP contribution in [0.15, 0.2) is 24.3 Å². The molecule has 0 aromatic heterocycles. The van der Waals surface area contributed by atoms with E-state index in [1.807, 2.05) is 18.2 Å². The predicted molar refractivity (Wildman–Crippen MR) is 65.0 cm³/mol. The molecule has 2 heterocycles. The van der Waals surface area contributed by atoms with Gasteiger partial charge in [0.2, 0.25) is 0 Å². The summed E-state index contributed by atoms with van der Waals surface area (Å²) >= 11 is 0. The summed E-state index contributed by atoms with van der Waals surface area (Å²) in [7, 11) is 0. The van der Waals surface area contributed by atoms with E-state index in [0.29, 0.717) is 0 Å². The zero-order valence-corrected chi connectivity index (χ0v) is 9.69. The number of urea groups is 1. The van der Waals surface area contributed by atoms with Crippen LogP contribution in [-0.2, 0) is 11.2 Å². The first-order valence-electron chi connectivity index (χ1n) is 6.12. The standard InChI is InChI=1S/C13H16N2O2/c16-13(14-12-6-3-9-17-12)15-8-7-10-4-1-2-5-11(10)15/h1-2,4-5,12H,3,6-9H2,(H,14,16). The Morgan fingerprint density at radius 3 is 3.12 bits per heavy atom. The molecule has 2 amide bonds. The molecule has 4 heteroatoms. The maximum absolute atomic E-state index is 12.1. The Bertz CT molecular complexity index is 427. The summed E-state index contributed by atoms with van der Waals surface area (Å²) < 4.78 is 5.41. The van der Waals surface area contributed by atoms with Crippen molar-refractivity contribution in [3.05, 3.63) is 29.8 Å². The van der Waals surface area contributed by atoms with Crippen molar-refractivity contribution >= 4 is 11.7 Å². The predicted octanol–water partition coefficient (Wildman–Crippen LogP) is 1.90. The van der Waals surface area contributed by atoms with Gasteiger partial charge in [-0.25, -0.2) is 4.79 Å². The summed E-state index contributed by atoms with van der Waals surface area (Å²) in [4.78, 5) is 13.9. The molecule has 3 rings (SSSR count). The minimum Gasteiger partial charge on any atom is -0.358 e. The minimum atomic E-state index is -0.102. The van der Waals surface area contributed by atoms with Gasteiger partial charge in [0.05, 0.1) is 0 Å². The molecule has 1 saturated heterocycles. The SMILES string of the molecule is O=C(NC1CCCO1)N1CCc2ccccc21. The van der Waals surface area contributed by atoms with E-state index in [1.165, 1.54) is 5.56 Å². The Kier molecular flexibility index (Phi) is 2.73. The Morgan fingerprint density at radius 2 is 2.29 bits per heavy atom. The molecule has 90 valence electrons. The van der Waals surface area contributed by atoms with E-state index in [4.69, 9.17) is 4.74 Å². The summed E-state index contributed by atoms with van der Waals surface area (Å²) in [6, 6.07) is 8.02. The maximum Gasteiger partial charge on any atom is 0.323 e. The van der Waals surface area contributed by atoms with Gasteiger partial charge in [0.15, 0.2) is 0 Å². The van der Waals surface area contributed by atoms with Crippen molar-refractivity contribution in [2.45, 2.75) is 25.5 Å². The van der Waals surface area contributed by atoms with Crippen LogP contribution in [0.3, 0.4) is 0 Å². The molecule has 1 atom stereocenters. The fourth-order valence-electron chi connectivity index (χ4n) is 2.46. The highest BCUT2D eigenvalue weighted by atomic mass is 16.5. The number of nitrogens with one attached hydrogen (secondary N) is 1. The van der Waals surface area contributed by atoms with Gasteiger partial charge in [0.25, 0.3) is 0 Å². The molecule has 0 spiro atoms. The minimum absolute atomic E-state index is 0.0400. The molecule has 0 aliphatic carbocycles.